The molecule has 1 aromatic rings. The van der Waals surface area contributed by atoms with Crippen molar-refractivity contribution in [1.29, 1.82) is 0 Å². The molecule has 0 aromatic carbocycles. The highest BCUT2D eigenvalue weighted by molar-refractivity contribution is 7.13. The number of nitrogens with two attached hydrogens (primary N) is 1. The van der Waals surface area contributed by atoms with Gasteiger partial charge in [0.15, 0.2) is 10.8 Å². The third-order valence-electron chi connectivity index (χ3n) is 1.07. The smallest absolute Gasteiger partial charge is 0.259 e. The summed E-state index contributed by atoms with van der Waals surface area (Å²) in [4.78, 5) is 18.1. The Bertz CT molecular complexity index is 325. The molecule has 1 radical (unpaired) electrons. The van der Waals surface area contributed by atoms with Gasteiger partial charge in [-0.15, -0.1) is 11.3 Å². The number of nitrogen functional groups attached to an aromatic ring is 1. The number of aromatic nitrogens is 1. The predicted octanol–water partition coefficient (Wildman–Crippen LogP) is 0.483. The number of oxime groups is 1. The summed E-state index contributed by atoms with van der Waals surface area (Å²) in [5.41, 5.74) is 5.33. The monoisotopic (exact) mass is 202 g/mol. The number of thiazole rings is 1. The van der Waals surface area contributed by atoms with Crippen molar-refractivity contribution in [3.05, 3.63) is 11.1 Å². The Morgan fingerprint density at radius 2 is 2.69 bits per heavy atom. The summed E-state index contributed by atoms with van der Waals surface area (Å²) in [7, 11) is 0. The van der Waals surface area contributed by atoms with Crippen molar-refractivity contribution in [2.24, 2.45) is 5.16 Å². The molecule has 5 nitrogen and oxygen atoms in total. The number of hydrogen-bond donors (Lipinski definition) is 1. The van der Waals surface area contributed by atoms with Gasteiger partial charge in [-0.2, -0.15) is 0 Å². The molecule has 0 aliphatic rings. The van der Waals surface area contributed by atoms with Crippen LogP contribution in [0.1, 0.15) is 5.69 Å². The number of hydrogen-bond acceptors (Lipinski definition) is 6. The van der Waals surface area contributed by atoms with E-state index < -0.39 is 6.86 Å². The van der Waals surface area contributed by atoms with Crippen molar-refractivity contribution in [3.63, 3.8) is 0 Å². The van der Waals surface area contributed by atoms with Crippen molar-refractivity contribution < 1.29 is 14.0 Å². The molecule has 2 N–H and O–H groups in total. The van der Waals surface area contributed by atoms with Gasteiger partial charge in [0.05, 0.1) is 0 Å². The van der Waals surface area contributed by atoms with Crippen LogP contribution in [0.3, 0.4) is 0 Å². The number of alkyl halides is 1. The van der Waals surface area contributed by atoms with Gasteiger partial charge in [0.2, 0.25) is 0 Å². The molecule has 0 unspecified atom stereocenters. The molecule has 0 amide bonds. The van der Waals surface area contributed by atoms with Crippen LogP contribution in [0.4, 0.5) is 9.52 Å². The maximum atomic E-state index is 11.5. The maximum Gasteiger partial charge on any atom is 0.259 e. The Kier molecular flexibility index (Phi) is 3.32. The van der Waals surface area contributed by atoms with E-state index in [4.69, 9.17) is 5.73 Å². The molecule has 1 aromatic heterocycles. The highest BCUT2D eigenvalue weighted by atomic mass is 32.1. The van der Waals surface area contributed by atoms with Crippen molar-refractivity contribution in [3.8, 4) is 0 Å². The Hall–Kier alpha value is -1.50. The number of anilines is 1. The van der Waals surface area contributed by atoms with Crippen molar-refractivity contribution in [2.45, 2.75) is 0 Å². The highest BCUT2D eigenvalue weighted by Crippen LogP contribution is 2.11. The van der Waals surface area contributed by atoms with Crippen LogP contribution in [-0.2, 0) is 9.63 Å². The molecule has 0 saturated heterocycles. The second-order valence-electron chi connectivity index (χ2n) is 1.85. The molecule has 1 heterocycles. The van der Waals surface area contributed by atoms with Crippen LogP contribution in [-0.4, -0.2) is 23.8 Å². The lowest BCUT2D eigenvalue weighted by Crippen LogP contribution is -2.04. The van der Waals surface area contributed by atoms with E-state index in [1.165, 1.54) is 11.7 Å². The van der Waals surface area contributed by atoms with E-state index in [2.05, 4.69) is 15.0 Å². The largest absolute Gasteiger partial charge is 0.375 e. The zero-order valence-electron chi connectivity index (χ0n) is 6.36. The molecule has 0 atom stereocenters. The van der Waals surface area contributed by atoms with Gasteiger partial charge in [-0.25, -0.2) is 9.37 Å². The van der Waals surface area contributed by atoms with Gasteiger partial charge in [-0.1, -0.05) is 5.16 Å². The summed E-state index contributed by atoms with van der Waals surface area (Å²) in [6.07, 6.45) is 1.46. The average Bonchev–Trinajstić information content (AvgIpc) is 2.54. The van der Waals surface area contributed by atoms with Crippen LogP contribution in [0.5, 0.6) is 0 Å². The van der Waals surface area contributed by atoms with Gasteiger partial charge in [-0.3, -0.25) is 4.79 Å². The third-order valence-corrected chi connectivity index (χ3v) is 1.74. The minimum absolute atomic E-state index is 0.203. The van der Waals surface area contributed by atoms with Gasteiger partial charge in [0, 0.05) is 5.38 Å². The predicted molar refractivity (Wildman–Crippen MR) is 45.8 cm³/mol. The van der Waals surface area contributed by atoms with E-state index in [-0.39, 0.29) is 16.5 Å². The van der Waals surface area contributed by atoms with E-state index in [0.29, 0.717) is 0 Å². The lowest BCUT2D eigenvalue weighted by molar-refractivity contribution is 0.0640. The second-order valence-corrected chi connectivity index (χ2v) is 2.74. The van der Waals surface area contributed by atoms with Gasteiger partial charge in [-0.05, 0) is 0 Å². The van der Waals surface area contributed by atoms with Crippen molar-refractivity contribution in [2.75, 3.05) is 12.6 Å². The fourth-order valence-corrected chi connectivity index (χ4v) is 1.15. The quantitative estimate of drug-likeness (QED) is 0.569. The molecule has 0 aliphatic carbocycles. The topological polar surface area (TPSA) is 77.6 Å². The number of nitrogens with zero attached hydrogens (tertiary/aromatic N) is 2. The summed E-state index contributed by atoms with van der Waals surface area (Å²) in [6, 6.07) is 0. The van der Waals surface area contributed by atoms with Gasteiger partial charge >= 0.3 is 0 Å². The van der Waals surface area contributed by atoms with Crippen LogP contribution < -0.4 is 5.73 Å². The molecule has 0 saturated carbocycles. The van der Waals surface area contributed by atoms with Crippen LogP contribution in [0.2, 0.25) is 0 Å². The molecule has 7 heteroatoms. The molecule has 69 valence electrons. The number of carbonyl (C=O) groups excluding carboxylic acids is 1. The summed E-state index contributed by atoms with van der Waals surface area (Å²) >= 11 is 1.14. The number of halogens is 1. The highest BCUT2D eigenvalue weighted by Gasteiger charge is 2.08. The average molecular weight is 202 g/mol. The first-order chi connectivity index (χ1) is 6.27. The second kappa shape index (κ2) is 4.51. The standard InChI is InChI=1S/C6H5FN3O2S/c7-3-12-10-4(1-11)5-2-13-6(8)9-5/h2H,3H2,(H2,8,9)/b10-4-. The van der Waals surface area contributed by atoms with E-state index in [1.54, 1.807) is 0 Å². The molecular formula is C6H5FN3O2S. The van der Waals surface area contributed by atoms with Crippen molar-refractivity contribution >= 4 is 28.5 Å². The van der Waals surface area contributed by atoms with Crippen molar-refractivity contribution in [1.82, 2.24) is 4.98 Å². The molecular weight excluding hydrogens is 197 g/mol. The lowest BCUT2D eigenvalue weighted by atomic mass is 10.3. The molecule has 0 aliphatic heterocycles. The van der Waals surface area contributed by atoms with E-state index in [1.807, 2.05) is 0 Å². The van der Waals surface area contributed by atoms with Crippen LogP contribution in [0.25, 0.3) is 0 Å². The summed E-state index contributed by atoms with van der Waals surface area (Å²) in [6.45, 7) is -1.11. The van der Waals surface area contributed by atoms with Gasteiger partial charge < -0.3 is 10.6 Å². The third kappa shape index (κ3) is 2.48. The first-order valence-electron chi connectivity index (χ1n) is 3.13. The Balaban J connectivity index is 2.84. The molecule has 0 spiro atoms. The molecule has 1 rings (SSSR count). The Labute approximate surface area is 77.0 Å². The fraction of sp³-hybridized carbons (Fsp3) is 0.167. The zero-order valence-corrected chi connectivity index (χ0v) is 7.18. The SMILES string of the molecule is Nc1nc(/C([C]=O)=N\OCF)cs1. The number of rotatable bonds is 4. The summed E-state index contributed by atoms with van der Waals surface area (Å²) in [5.74, 6) is 0. The maximum absolute atomic E-state index is 11.5. The Morgan fingerprint density at radius 1 is 1.92 bits per heavy atom. The van der Waals surface area contributed by atoms with Crippen LogP contribution >= 0.6 is 11.3 Å². The molecule has 13 heavy (non-hydrogen) atoms. The summed E-state index contributed by atoms with van der Waals surface area (Å²) in [5, 5.41) is 4.94. The minimum atomic E-state index is -1.11. The molecule has 0 fully saturated rings. The first kappa shape index (κ1) is 9.59. The van der Waals surface area contributed by atoms with E-state index >= 15 is 0 Å². The first-order valence-corrected chi connectivity index (χ1v) is 4.01. The summed E-state index contributed by atoms with van der Waals surface area (Å²) < 4.78 is 11.5. The fourth-order valence-electron chi connectivity index (χ4n) is 0.603. The van der Waals surface area contributed by atoms with Crippen LogP contribution in [0, 0.1) is 0 Å². The lowest BCUT2D eigenvalue weighted by Gasteiger charge is -1.91. The van der Waals surface area contributed by atoms with E-state index in [9.17, 15) is 9.18 Å². The zero-order chi connectivity index (χ0) is 9.68. The van der Waals surface area contributed by atoms with E-state index in [0.717, 1.165) is 11.3 Å². The van der Waals surface area contributed by atoms with Gasteiger partial charge in [0.1, 0.15) is 5.69 Å². The normalized spacial score (nSPS) is 11.3. The minimum Gasteiger partial charge on any atom is -0.375 e. The van der Waals surface area contributed by atoms with Gasteiger partial charge in [0.25, 0.3) is 13.1 Å². The van der Waals surface area contributed by atoms with Crippen LogP contribution in [0.15, 0.2) is 10.5 Å². The Morgan fingerprint density at radius 3 is 3.15 bits per heavy atom. The molecule has 0 bridgehead atoms.